The molecular formula is C8H10O3. The summed E-state index contributed by atoms with van der Waals surface area (Å²) in [4.78, 5) is 0. The van der Waals surface area contributed by atoms with Crippen LogP contribution in [-0.2, 0) is 14.2 Å². The maximum atomic E-state index is 5.23. The predicted molar refractivity (Wildman–Crippen MR) is 38.4 cm³/mol. The van der Waals surface area contributed by atoms with Crippen molar-refractivity contribution in [2.75, 3.05) is 13.9 Å². The molecule has 1 heterocycles. The number of ether oxygens (including phenoxy) is 3. The third kappa shape index (κ3) is 0.964. The van der Waals surface area contributed by atoms with E-state index in [2.05, 4.69) is 0 Å². The standard InChI is InChI=1S/C8H10O3/c1-9-6-3-2-4-7-8(6)11-5-10-7/h3H,2,4-5H2,1H3. The SMILES string of the molecule is COC1=CCCC2=C1OCO2. The van der Waals surface area contributed by atoms with Gasteiger partial charge in [-0.25, -0.2) is 0 Å². The zero-order valence-electron chi connectivity index (χ0n) is 6.42. The lowest BCUT2D eigenvalue weighted by molar-refractivity contribution is 0.0666. The highest BCUT2D eigenvalue weighted by atomic mass is 16.7. The summed E-state index contributed by atoms with van der Waals surface area (Å²) in [5, 5.41) is 0. The molecule has 3 nitrogen and oxygen atoms in total. The van der Waals surface area contributed by atoms with Gasteiger partial charge in [0.25, 0.3) is 0 Å². The highest BCUT2D eigenvalue weighted by Gasteiger charge is 2.24. The van der Waals surface area contributed by atoms with Gasteiger partial charge in [0.1, 0.15) is 5.76 Å². The first-order valence-electron chi connectivity index (χ1n) is 3.65. The quantitative estimate of drug-likeness (QED) is 0.573. The summed E-state index contributed by atoms with van der Waals surface area (Å²) >= 11 is 0. The Labute approximate surface area is 65.2 Å². The first-order chi connectivity index (χ1) is 5.42. The summed E-state index contributed by atoms with van der Waals surface area (Å²) in [6.07, 6.45) is 3.93. The van der Waals surface area contributed by atoms with Crippen LogP contribution in [0, 0.1) is 0 Å². The van der Waals surface area contributed by atoms with Crippen LogP contribution in [0.1, 0.15) is 12.8 Å². The topological polar surface area (TPSA) is 27.7 Å². The van der Waals surface area contributed by atoms with Crippen LogP contribution in [0.3, 0.4) is 0 Å². The maximum absolute atomic E-state index is 5.23. The Morgan fingerprint density at radius 2 is 2.36 bits per heavy atom. The van der Waals surface area contributed by atoms with Gasteiger partial charge in [-0.1, -0.05) is 0 Å². The Balaban J connectivity index is 2.27. The minimum Gasteiger partial charge on any atom is -0.493 e. The average molecular weight is 154 g/mol. The van der Waals surface area contributed by atoms with E-state index in [0.29, 0.717) is 6.79 Å². The van der Waals surface area contributed by atoms with Gasteiger partial charge in [0.2, 0.25) is 12.6 Å². The van der Waals surface area contributed by atoms with E-state index in [-0.39, 0.29) is 0 Å². The largest absolute Gasteiger partial charge is 0.493 e. The number of hydrogen-bond acceptors (Lipinski definition) is 3. The Hall–Kier alpha value is -1.12. The number of methoxy groups -OCH3 is 1. The fraction of sp³-hybridized carbons (Fsp3) is 0.500. The normalized spacial score (nSPS) is 21.7. The first kappa shape index (κ1) is 6.58. The third-order valence-corrected chi connectivity index (χ3v) is 1.83. The molecule has 3 heteroatoms. The molecular weight excluding hydrogens is 144 g/mol. The molecule has 0 bridgehead atoms. The second-order valence-corrected chi connectivity index (χ2v) is 2.47. The molecule has 0 saturated carbocycles. The van der Waals surface area contributed by atoms with Crippen LogP contribution < -0.4 is 0 Å². The number of hydrogen-bond donors (Lipinski definition) is 0. The fourth-order valence-electron chi connectivity index (χ4n) is 1.30. The molecule has 11 heavy (non-hydrogen) atoms. The van der Waals surface area contributed by atoms with Crippen LogP contribution in [0.15, 0.2) is 23.4 Å². The molecule has 0 radical (unpaired) electrons. The van der Waals surface area contributed by atoms with Crippen molar-refractivity contribution in [3.63, 3.8) is 0 Å². The van der Waals surface area contributed by atoms with Crippen LogP contribution in [0.4, 0.5) is 0 Å². The molecule has 2 rings (SSSR count). The van der Waals surface area contributed by atoms with E-state index < -0.39 is 0 Å². The minimum atomic E-state index is 0.339. The van der Waals surface area contributed by atoms with Gasteiger partial charge in [-0.05, 0) is 12.5 Å². The molecule has 1 aliphatic carbocycles. The van der Waals surface area contributed by atoms with E-state index >= 15 is 0 Å². The molecule has 0 saturated heterocycles. The van der Waals surface area contributed by atoms with Crippen molar-refractivity contribution in [3.05, 3.63) is 23.4 Å². The monoisotopic (exact) mass is 154 g/mol. The average Bonchev–Trinajstić information content (AvgIpc) is 2.50. The van der Waals surface area contributed by atoms with Crippen molar-refractivity contribution in [2.24, 2.45) is 0 Å². The minimum absolute atomic E-state index is 0.339. The van der Waals surface area contributed by atoms with Crippen molar-refractivity contribution in [1.82, 2.24) is 0 Å². The van der Waals surface area contributed by atoms with Crippen LogP contribution in [0.5, 0.6) is 0 Å². The highest BCUT2D eigenvalue weighted by molar-refractivity contribution is 5.28. The number of rotatable bonds is 1. The predicted octanol–water partition coefficient (Wildman–Crippen LogP) is 1.53. The molecule has 0 amide bonds. The van der Waals surface area contributed by atoms with Gasteiger partial charge < -0.3 is 14.2 Å². The first-order valence-corrected chi connectivity index (χ1v) is 3.65. The van der Waals surface area contributed by atoms with Crippen molar-refractivity contribution >= 4 is 0 Å². The van der Waals surface area contributed by atoms with Crippen molar-refractivity contribution in [1.29, 1.82) is 0 Å². The van der Waals surface area contributed by atoms with Gasteiger partial charge in [0.15, 0.2) is 5.76 Å². The summed E-state index contributed by atoms with van der Waals surface area (Å²) in [6.45, 7) is 0.339. The van der Waals surface area contributed by atoms with E-state index in [9.17, 15) is 0 Å². The van der Waals surface area contributed by atoms with Gasteiger partial charge in [0.05, 0.1) is 7.11 Å². The van der Waals surface area contributed by atoms with Crippen LogP contribution in [-0.4, -0.2) is 13.9 Å². The smallest absolute Gasteiger partial charge is 0.231 e. The Morgan fingerprint density at radius 1 is 1.45 bits per heavy atom. The van der Waals surface area contributed by atoms with Gasteiger partial charge >= 0.3 is 0 Å². The van der Waals surface area contributed by atoms with Crippen LogP contribution >= 0.6 is 0 Å². The van der Waals surface area contributed by atoms with E-state index in [1.807, 2.05) is 6.08 Å². The van der Waals surface area contributed by atoms with Gasteiger partial charge in [-0.3, -0.25) is 0 Å². The molecule has 60 valence electrons. The van der Waals surface area contributed by atoms with Crippen molar-refractivity contribution in [3.8, 4) is 0 Å². The summed E-state index contributed by atoms with van der Waals surface area (Å²) < 4.78 is 15.6. The number of allylic oxidation sites excluding steroid dienone is 2. The molecule has 0 spiro atoms. The van der Waals surface area contributed by atoms with Crippen LogP contribution in [0.2, 0.25) is 0 Å². The van der Waals surface area contributed by atoms with Crippen molar-refractivity contribution < 1.29 is 14.2 Å². The summed E-state index contributed by atoms with van der Waals surface area (Å²) in [5.74, 6) is 2.53. The second-order valence-electron chi connectivity index (χ2n) is 2.47. The van der Waals surface area contributed by atoms with E-state index in [1.165, 1.54) is 0 Å². The van der Waals surface area contributed by atoms with Gasteiger partial charge in [0, 0.05) is 6.42 Å². The summed E-state index contributed by atoms with van der Waals surface area (Å²) in [7, 11) is 1.64. The molecule has 0 atom stereocenters. The molecule has 0 aromatic carbocycles. The molecule has 1 aliphatic heterocycles. The second kappa shape index (κ2) is 2.49. The fourth-order valence-corrected chi connectivity index (χ4v) is 1.30. The lowest BCUT2D eigenvalue weighted by atomic mass is 10.1. The molecule has 0 aromatic heterocycles. The van der Waals surface area contributed by atoms with E-state index in [1.54, 1.807) is 7.11 Å². The van der Waals surface area contributed by atoms with E-state index in [0.717, 1.165) is 30.1 Å². The lowest BCUT2D eigenvalue weighted by Crippen LogP contribution is -1.99. The Kier molecular flexibility index (Phi) is 1.49. The molecule has 0 unspecified atom stereocenters. The lowest BCUT2D eigenvalue weighted by Gasteiger charge is -2.10. The van der Waals surface area contributed by atoms with E-state index in [4.69, 9.17) is 14.2 Å². The summed E-state index contributed by atoms with van der Waals surface area (Å²) in [5.41, 5.74) is 0. The molecule has 0 fully saturated rings. The van der Waals surface area contributed by atoms with Gasteiger partial charge in [-0.15, -0.1) is 0 Å². The van der Waals surface area contributed by atoms with Crippen molar-refractivity contribution in [2.45, 2.75) is 12.8 Å². The summed E-state index contributed by atoms with van der Waals surface area (Å²) in [6, 6.07) is 0. The zero-order valence-corrected chi connectivity index (χ0v) is 6.42. The molecule has 2 aliphatic rings. The Bertz CT molecular complexity index is 227. The highest BCUT2D eigenvalue weighted by Crippen LogP contribution is 2.31. The van der Waals surface area contributed by atoms with Crippen LogP contribution in [0.25, 0.3) is 0 Å². The molecule has 0 aromatic rings. The maximum Gasteiger partial charge on any atom is 0.231 e. The zero-order chi connectivity index (χ0) is 7.68. The Morgan fingerprint density at radius 3 is 3.18 bits per heavy atom. The third-order valence-electron chi connectivity index (χ3n) is 1.83. The van der Waals surface area contributed by atoms with Gasteiger partial charge in [-0.2, -0.15) is 0 Å². The molecule has 0 N–H and O–H groups in total.